The Morgan fingerprint density at radius 3 is 2.72 bits per heavy atom. The molecule has 2 N–H and O–H groups in total. The first-order valence-electron chi connectivity index (χ1n) is 7.88. The summed E-state index contributed by atoms with van der Waals surface area (Å²) < 4.78 is 21.7. The molecule has 0 aromatic heterocycles. The Morgan fingerprint density at radius 2 is 1.92 bits per heavy atom. The number of anilines is 1. The standard InChI is InChI=1S/C18H20N2O4S/c1-12(10-22-15-6-4-3-5-14(15)21-2)19-18(25)20-13-7-8-16-17(9-13)24-11-23-16/h3-9,12H,10-11H2,1-2H3,(H2,19,20,25). The van der Waals surface area contributed by atoms with Crippen LogP contribution >= 0.6 is 12.2 Å². The molecule has 1 unspecified atom stereocenters. The van der Waals surface area contributed by atoms with E-state index in [0.717, 1.165) is 11.4 Å². The average molecular weight is 360 g/mol. The van der Waals surface area contributed by atoms with Gasteiger partial charge in [0.1, 0.15) is 6.61 Å². The number of ether oxygens (including phenoxy) is 4. The molecule has 2 aromatic rings. The Morgan fingerprint density at radius 1 is 1.16 bits per heavy atom. The van der Waals surface area contributed by atoms with Crippen molar-refractivity contribution < 1.29 is 18.9 Å². The van der Waals surface area contributed by atoms with Crippen molar-refractivity contribution in [3.8, 4) is 23.0 Å². The van der Waals surface area contributed by atoms with Crippen LogP contribution in [0.2, 0.25) is 0 Å². The van der Waals surface area contributed by atoms with Gasteiger partial charge in [0.15, 0.2) is 28.1 Å². The summed E-state index contributed by atoms with van der Waals surface area (Å²) in [6.45, 7) is 2.69. The fourth-order valence-electron chi connectivity index (χ4n) is 2.36. The molecule has 1 aliphatic heterocycles. The molecule has 0 aliphatic carbocycles. The van der Waals surface area contributed by atoms with Crippen molar-refractivity contribution in [3.05, 3.63) is 42.5 Å². The van der Waals surface area contributed by atoms with Gasteiger partial charge in [-0.05, 0) is 43.4 Å². The molecular weight excluding hydrogens is 340 g/mol. The van der Waals surface area contributed by atoms with Crippen molar-refractivity contribution in [3.63, 3.8) is 0 Å². The maximum Gasteiger partial charge on any atom is 0.231 e. The molecule has 0 spiro atoms. The van der Waals surface area contributed by atoms with Crippen LogP contribution in [0.4, 0.5) is 5.69 Å². The molecule has 6 nitrogen and oxygen atoms in total. The summed E-state index contributed by atoms with van der Waals surface area (Å²) in [5.74, 6) is 2.85. The van der Waals surface area contributed by atoms with Crippen LogP contribution in [0.25, 0.3) is 0 Å². The second-order valence-electron chi connectivity index (χ2n) is 5.53. The molecule has 0 radical (unpaired) electrons. The van der Waals surface area contributed by atoms with Gasteiger partial charge in [0, 0.05) is 11.8 Å². The predicted octanol–water partition coefficient (Wildman–Crippen LogP) is 3.18. The van der Waals surface area contributed by atoms with Crippen LogP contribution in [0.3, 0.4) is 0 Å². The van der Waals surface area contributed by atoms with Crippen LogP contribution in [0.15, 0.2) is 42.5 Å². The zero-order valence-corrected chi connectivity index (χ0v) is 14.9. The van der Waals surface area contributed by atoms with Crippen molar-refractivity contribution in [2.24, 2.45) is 0 Å². The zero-order valence-electron chi connectivity index (χ0n) is 14.1. The van der Waals surface area contributed by atoms with E-state index in [1.54, 1.807) is 7.11 Å². The van der Waals surface area contributed by atoms with Gasteiger partial charge >= 0.3 is 0 Å². The molecule has 1 heterocycles. The summed E-state index contributed by atoms with van der Waals surface area (Å²) in [4.78, 5) is 0. The highest BCUT2D eigenvalue weighted by molar-refractivity contribution is 7.80. The number of rotatable bonds is 6. The van der Waals surface area contributed by atoms with Crippen molar-refractivity contribution >= 4 is 23.0 Å². The Kier molecular flexibility index (Phi) is 5.45. The number of methoxy groups -OCH3 is 1. The van der Waals surface area contributed by atoms with E-state index < -0.39 is 0 Å². The number of hydrogen-bond acceptors (Lipinski definition) is 5. The fourth-order valence-corrected chi connectivity index (χ4v) is 2.68. The van der Waals surface area contributed by atoms with Crippen LogP contribution < -0.4 is 29.6 Å². The van der Waals surface area contributed by atoms with Gasteiger partial charge in [0.2, 0.25) is 6.79 Å². The minimum Gasteiger partial charge on any atom is -0.493 e. The van der Waals surface area contributed by atoms with E-state index in [9.17, 15) is 0 Å². The Balaban J connectivity index is 1.49. The molecule has 1 atom stereocenters. The van der Waals surface area contributed by atoms with E-state index in [1.165, 1.54) is 0 Å². The van der Waals surface area contributed by atoms with Crippen LogP contribution in [-0.4, -0.2) is 31.7 Å². The fraction of sp³-hybridized carbons (Fsp3) is 0.278. The monoisotopic (exact) mass is 360 g/mol. The Labute approximate surface area is 152 Å². The molecule has 0 amide bonds. The van der Waals surface area contributed by atoms with Crippen molar-refractivity contribution in [2.45, 2.75) is 13.0 Å². The summed E-state index contributed by atoms with van der Waals surface area (Å²) in [5.41, 5.74) is 0.833. The molecule has 0 fully saturated rings. The van der Waals surface area contributed by atoms with Crippen LogP contribution in [0.1, 0.15) is 6.92 Å². The normalized spacial score (nSPS) is 13.0. The second kappa shape index (κ2) is 7.94. The van der Waals surface area contributed by atoms with E-state index in [4.69, 9.17) is 31.2 Å². The van der Waals surface area contributed by atoms with Crippen molar-refractivity contribution in [1.82, 2.24) is 5.32 Å². The molecule has 0 saturated heterocycles. The summed E-state index contributed by atoms with van der Waals surface area (Å²) in [5, 5.41) is 6.82. The lowest BCUT2D eigenvalue weighted by atomic mass is 10.3. The third kappa shape index (κ3) is 4.45. The lowest BCUT2D eigenvalue weighted by molar-refractivity contribution is 0.174. The van der Waals surface area contributed by atoms with Crippen molar-refractivity contribution in [2.75, 3.05) is 25.8 Å². The Bertz CT molecular complexity index is 754. The summed E-state index contributed by atoms with van der Waals surface area (Å²) >= 11 is 5.35. The average Bonchev–Trinajstić information content (AvgIpc) is 3.07. The van der Waals surface area contributed by atoms with Gasteiger partial charge in [0.05, 0.1) is 13.2 Å². The Hall–Kier alpha value is -2.67. The molecular formula is C18H20N2O4S. The van der Waals surface area contributed by atoms with Crippen LogP contribution in [-0.2, 0) is 0 Å². The van der Waals surface area contributed by atoms with Crippen LogP contribution in [0, 0.1) is 0 Å². The topological polar surface area (TPSA) is 61.0 Å². The van der Waals surface area contributed by atoms with Gasteiger partial charge in [-0.25, -0.2) is 0 Å². The summed E-state index contributed by atoms with van der Waals surface area (Å²) in [7, 11) is 1.62. The maximum absolute atomic E-state index is 5.79. The maximum atomic E-state index is 5.79. The highest BCUT2D eigenvalue weighted by Gasteiger charge is 2.14. The predicted molar refractivity (Wildman–Crippen MR) is 99.9 cm³/mol. The number of fused-ring (bicyclic) bond motifs is 1. The molecule has 25 heavy (non-hydrogen) atoms. The smallest absolute Gasteiger partial charge is 0.231 e. The first-order chi connectivity index (χ1) is 12.2. The summed E-state index contributed by atoms with van der Waals surface area (Å²) in [6, 6.07) is 13.1. The largest absolute Gasteiger partial charge is 0.493 e. The van der Waals surface area contributed by atoms with E-state index in [0.29, 0.717) is 29.0 Å². The third-order valence-corrected chi connectivity index (χ3v) is 3.79. The number of nitrogens with one attached hydrogen (secondary N) is 2. The molecule has 7 heteroatoms. The molecule has 2 aromatic carbocycles. The summed E-state index contributed by atoms with van der Waals surface area (Å²) in [6.07, 6.45) is 0. The molecule has 0 saturated carbocycles. The van der Waals surface area contributed by atoms with E-state index >= 15 is 0 Å². The third-order valence-electron chi connectivity index (χ3n) is 3.57. The quantitative estimate of drug-likeness (QED) is 0.767. The lowest BCUT2D eigenvalue weighted by Crippen LogP contribution is -2.39. The van der Waals surface area contributed by atoms with E-state index in [2.05, 4.69) is 10.6 Å². The minimum absolute atomic E-state index is 0.0129. The first-order valence-corrected chi connectivity index (χ1v) is 8.29. The molecule has 0 bridgehead atoms. The lowest BCUT2D eigenvalue weighted by Gasteiger charge is -2.18. The van der Waals surface area contributed by atoms with Gasteiger partial charge in [-0.2, -0.15) is 0 Å². The molecule has 3 rings (SSSR count). The number of benzene rings is 2. The highest BCUT2D eigenvalue weighted by Crippen LogP contribution is 2.34. The zero-order chi connectivity index (χ0) is 17.6. The van der Waals surface area contributed by atoms with Crippen molar-refractivity contribution in [1.29, 1.82) is 0 Å². The number of thiocarbonyl (C=S) groups is 1. The SMILES string of the molecule is COc1ccccc1OCC(C)NC(=S)Nc1ccc2c(c1)OCO2. The van der Waals surface area contributed by atoms with Gasteiger partial charge < -0.3 is 29.6 Å². The van der Waals surface area contributed by atoms with Gasteiger partial charge in [0.25, 0.3) is 0 Å². The second-order valence-corrected chi connectivity index (χ2v) is 5.94. The molecule has 132 valence electrons. The highest BCUT2D eigenvalue weighted by atomic mass is 32.1. The first kappa shape index (κ1) is 17.2. The number of para-hydroxylation sites is 2. The van der Waals surface area contributed by atoms with Gasteiger partial charge in [-0.3, -0.25) is 0 Å². The van der Waals surface area contributed by atoms with E-state index in [1.807, 2.05) is 49.4 Å². The van der Waals surface area contributed by atoms with Crippen LogP contribution in [0.5, 0.6) is 23.0 Å². The van der Waals surface area contributed by atoms with Gasteiger partial charge in [-0.1, -0.05) is 12.1 Å². The minimum atomic E-state index is 0.0129. The number of hydrogen-bond donors (Lipinski definition) is 2. The molecule has 1 aliphatic rings. The van der Waals surface area contributed by atoms with Gasteiger partial charge in [-0.15, -0.1) is 0 Å². The van der Waals surface area contributed by atoms with E-state index in [-0.39, 0.29) is 12.8 Å².